The summed E-state index contributed by atoms with van der Waals surface area (Å²) in [5.41, 5.74) is -0.0835. The number of benzene rings is 1. The zero-order chi connectivity index (χ0) is 20.1. The molecular weight excluding hydrogens is 393 g/mol. The Hall–Kier alpha value is -1.81. The molecule has 1 aromatic carbocycles. The van der Waals surface area contributed by atoms with Gasteiger partial charge in [0.2, 0.25) is 0 Å². The van der Waals surface area contributed by atoms with Crippen LogP contribution in [0.15, 0.2) is 47.6 Å². The molecule has 2 aromatic rings. The highest BCUT2D eigenvalue weighted by molar-refractivity contribution is 7.92. The van der Waals surface area contributed by atoms with Crippen LogP contribution >= 0.6 is 0 Å². The Bertz CT molecular complexity index is 774. The number of hydrogen-bond acceptors (Lipinski definition) is 5. The van der Waals surface area contributed by atoms with Crippen molar-refractivity contribution in [3.8, 4) is 5.75 Å². The summed E-state index contributed by atoms with van der Waals surface area (Å²) in [6.45, 7) is 2.09. The van der Waals surface area contributed by atoms with E-state index < -0.39 is 22.9 Å². The van der Waals surface area contributed by atoms with E-state index in [0.29, 0.717) is 38.4 Å². The van der Waals surface area contributed by atoms with Gasteiger partial charge in [-0.2, -0.15) is 13.2 Å². The zero-order valence-electron chi connectivity index (χ0n) is 15.1. The molecule has 152 valence electrons. The van der Waals surface area contributed by atoms with Crippen molar-refractivity contribution < 1.29 is 27.6 Å². The summed E-state index contributed by atoms with van der Waals surface area (Å²) in [5.74, 6) is 0.682. The molecule has 1 aliphatic rings. The molecule has 0 aliphatic carbocycles. The van der Waals surface area contributed by atoms with Crippen LogP contribution in [-0.4, -0.2) is 51.0 Å². The van der Waals surface area contributed by atoms with Crippen molar-refractivity contribution in [3.05, 3.63) is 53.9 Å². The van der Waals surface area contributed by atoms with Gasteiger partial charge in [0.1, 0.15) is 23.2 Å². The molecule has 1 N–H and O–H groups in total. The van der Waals surface area contributed by atoms with Crippen LogP contribution in [0.3, 0.4) is 0 Å². The summed E-state index contributed by atoms with van der Waals surface area (Å²) in [6.07, 6.45) is -1.87. The molecule has 1 fully saturated rings. The number of likely N-dealkylation sites (tertiary alicyclic amines) is 1. The van der Waals surface area contributed by atoms with E-state index in [-0.39, 0.29) is 16.8 Å². The van der Waals surface area contributed by atoms with Crippen LogP contribution in [0, 0.1) is 0 Å². The summed E-state index contributed by atoms with van der Waals surface area (Å²) >= 11 is -1.77. The van der Waals surface area contributed by atoms with Crippen molar-refractivity contribution >= 4 is 11.2 Å². The van der Waals surface area contributed by atoms with E-state index in [1.165, 1.54) is 0 Å². The maximum absolute atomic E-state index is 13.1. The molecule has 0 spiro atoms. The average molecular weight is 414 g/mol. The molecular formula is C19H21F3N2O3S. The highest BCUT2D eigenvalue weighted by atomic mass is 32.2. The molecule has 2 atom stereocenters. The number of aromatic nitrogens is 1. The second kappa shape index (κ2) is 9.13. The molecule has 2 heterocycles. The normalized spacial score (nSPS) is 19.0. The van der Waals surface area contributed by atoms with Crippen molar-refractivity contribution in [1.29, 1.82) is 0 Å². The van der Waals surface area contributed by atoms with Gasteiger partial charge in [0.15, 0.2) is 4.90 Å². The number of halogens is 3. The molecule has 9 heteroatoms. The predicted molar refractivity (Wildman–Crippen MR) is 98.4 cm³/mol. The molecule has 1 aliphatic heterocycles. The number of alkyl halides is 3. The van der Waals surface area contributed by atoms with Gasteiger partial charge in [-0.15, -0.1) is 0 Å². The quantitative estimate of drug-likeness (QED) is 0.706. The van der Waals surface area contributed by atoms with Crippen LogP contribution in [0.4, 0.5) is 13.2 Å². The summed E-state index contributed by atoms with van der Waals surface area (Å²) < 4.78 is 57.8. The van der Waals surface area contributed by atoms with Crippen molar-refractivity contribution in [2.75, 3.05) is 26.2 Å². The summed E-state index contributed by atoms with van der Waals surface area (Å²) in [6, 6.07) is 7.96. The van der Waals surface area contributed by atoms with E-state index in [9.17, 15) is 17.7 Å². The number of hydrogen-bond donors (Lipinski definition) is 1. The lowest BCUT2D eigenvalue weighted by Crippen LogP contribution is -2.31. The third-order valence-corrected chi connectivity index (χ3v) is 6.37. The number of nitrogens with zero attached hydrogens (tertiary/aromatic N) is 2. The fraction of sp³-hybridized carbons (Fsp3) is 0.421. The third-order valence-electron chi connectivity index (χ3n) is 4.62. The number of aliphatic hydroxyl groups excluding tert-OH is 1. The number of ether oxygens (including phenoxy) is 1. The van der Waals surface area contributed by atoms with E-state index in [0.717, 1.165) is 24.0 Å². The molecule has 1 aromatic heterocycles. The second-order valence-corrected chi connectivity index (χ2v) is 8.23. The van der Waals surface area contributed by atoms with Gasteiger partial charge in [0.05, 0.1) is 12.8 Å². The van der Waals surface area contributed by atoms with Crippen LogP contribution in [0.1, 0.15) is 17.5 Å². The van der Waals surface area contributed by atoms with Crippen molar-refractivity contribution in [2.45, 2.75) is 29.3 Å². The van der Waals surface area contributed by atoms with Crippen molar-refractivity contribution in [3.63, 3.8) is 0 Å². The van der Waals surface area contributed by atoms with Gasteiger partial charge in [-0.3, -0.25) is 9.88 Å². The summed E-state index contributed by atoms with van der Waals surface area (Å²) in [4.78, 5) is 5.51. The lowest BCUT2D eigenvalue weighted by Gasteiger charge is -2.21. The van der Waals surface area contributed by atoms with Gasteiger partial charge < -0.3 is 14.4 Å². The monoisotopic (exact) mass is 414 g/mol. The van der Waals surface area contributed by atoms with Gasteiger partial charge in [-0.1, -0.05) is 12.1 Å². The average Bonchev–Trinajstić information content (AvgIpc) is 3.16. The van der Waals surface area contributed by atoms with Crippen LogP contribution in [0.5, 0.6) is 5.75 Å². The third kappa shape index (κ3) is 5.16. The highest BCUT2D eigenvalue weighted by Gasteiger charge is 2.41. The Labute approximate surface area is 164 Å². The topological polar surface area (TPSA) is 68.7 Å². The van der Waals surface area contributed by atoms with Crippen LogP contribution < -0.4 is 4.74 Å². The molecule has 0 amide bonds. The van der Waals surface area contributed by atoms with E-state index in [1.54, 1.807) is 24.3 Å². The lowest BCUT2D eigenvalue weighted by molar-refractivity contribution is -0.139. The van der Waals surface area contributed by atoms with Gasteiger partial charge in [-0.05, 0) is 34.9 Å². The molecule has 0 bridgehead atoms. The van der Waals surface area contributed by atoms with Gasteiger partial charge in [0.25, 0.3) is 0 Å². The first-order valence-electron chi connectivity index (χ1n) is 8.85. The van der Waals surface area contributed by atoms with Crippen LogP contribution in [0.25, 0.3) is 0 Å². The maximum atomic E-state index is 13.1. The molecule has 0 radical (unpaired) electrons. The van der Waals surface area contributed by atoms with Gasteiger partial charge in [-0.25, -0.2) is 0 Å². The Kier molecular flexibility index (Phi) is 6.82. The Balaban J connectivity index is 1.52. The standard InChI is InChI=1S/C19H21F3N2O3S/c20-19(21,22)17-5-7-23-11-18(17)28(26)16-6-8-24(12-16)9-10-27-15-3-1-14(13-25)2-4-15/h1-5,7,11,16,25H,6,8-10,12-13H2/t16-,28+/m0/s1. The zero-order valence-corrected chi connectivity index (χ0v) is 15.9. The molecule has 3 rings (SSSR count). The Morgan fingerprint density at radius 2 is 2.00 bits per heavy atom. The van der Waals surface area contributed by atoms with Crippen LogP contribution in [-0.2, 0) is 24.0 Å². The molecule has 0 unspecified atom stereocenters. The van der Waals surface area contributed by atoms with Crippen LogP contribution in [0.2, 0.25) is 0 Å². The summed E-state index contributed by atoms with van der Waals surface area (Å²) in [5, 5.41) is 8.66. The Morgan fingerprint density at radius 1 is 1.25 bits per heavy atom. The van der Waals surface area contributed by atoms with Gasteiger partial charge >= 0.3 is 6.18 Å². The predicted octanol–water partition coefficient (Wildman–Crippen LogP) is 2.85. The maximum Gasteiger partial charge on any atom is 0.421 e. The van der Waals surface area contributed by atoms with E-state index >= 15 is 0 Å². The van der Waals surface area contributed by atoms with Crippen molar-refractivity contribution in [1.82, 2.24) is 9.88 Å². The first-order chi connectivity index (χ1) is 13.4. The number of rotatable bonds is 7. The minimum absolute atomic E-state index is 0.0282. The molecule has 5 nitrogen and oxygen atoms in total. The number of aliphatic hydroxyl groups is 1. The van der Waals surface area contributed by atoms with E-state index in [4.69, 9.17) is 9.84 Å². The first-order valence-corrected chi connectivity index (χ1v) is 10.1. The SMILES string of the molecule is [O-][S@@+](c1cnccc1C(F)(F)F)[C@H]1CCN(CCOc2ccc(CO)cc2)C1. The second-order valence-electron chi connectivity index (χ2n) is 6.53. The minimum atomic E-state index is -4.55. The largest absolute Gasteiger partial charge is 0.611 e. The smallest absolute Gasteiger partial charge is 0.421 e. The van der Waals surface area contributed by atoms with E-state index in [1.807, 2.05) is 4.90 Å². The Morgan fingerprint density at radius 3 is 2.68 bits per heavy atom. The molecule has 28 heavy (non-hydrogen) atoms. The summed E-state index contributed by atoms with van der Waals surface area (Å²) in [7, 11) is 0. The lowest BCUT2D eigenvalue weighted by atomic mass is 10.2. The number of pyridine rings is 1. The van der Waals surface area contributed by atoms with E-state index in [2.05, 4.69) is 4.98 Å². The molecule has 1 saturated heterocycles. The van der Waals surface area contributed by atoms with Gasteiger partial charge in [0, 0.05) is 32.3 Å². The first kappa shape index (κ1) is 20.9. The fourth-order valence-corrected chi connectivity index (χ4v) is 4.70. The fourth-order valence-electron chi connectivity index (χ4n) is 3.11. The molecule has 0 saturated carbocycles. The minimum Gasteiger partial charge on any atom is -0.611 e. The van der Waals surface area contributed by atoms with Crippen molar-refractivity contribution in [2.24, 2.45) is 0 Å². The highest BCUT2D eigenvalue weighted by Crippen LogP contribution is 2.36.